The van der Waals surface area contributed by atoms with Crippen molar-refractivity contribution in [3.63, 3.8) is 0 Å². The van der Waals surface area contributed by atoms with Crippen LogP contribution in [0.3, 0.4) is 0 Å². The van der Waals surface area contributed by atoms with Crippen LogP contribution < -0.4 is 10.6 Å². The van der Waals surface area contributed by atoms with E-state index < -0.39 is 0 Å². The number of nitrogens with one attached hydrogen (secondary N) is 2. The first-order valence-electron chi connectivity index (χ1n) is 7.37. The van der Waals surface area contributed by atoms with E-state index in [1.807, 2.05) is 18.2 Å². The predicted molar refractivity (Wildman–Crippen MR) is 79.9 cm³/mol. The van der Waals surface area contributed by atoms with Gasteiger partial charge in [0.1, 0.15) is 0 Å². The van der Waals surface area contributed by atoms with Crippen LogP contribution in [0.4, 0.5) is 0 Å². The van der Waals surface area contributed by atoms with E-state index in [2.05, 4.69) is 10.6 Å². The van der Waals surface area contributed by atoms with Crippen molar-refractivity contribution in [1.29, 1.82) is 0 Å². The molecule has 2 N–H and O–H groups in total. The summed E-state index contributed by atoms with van der Waals surface area (Å²) in [5.41, 5.74) is 1.49. The topological polar surface area (TPSA) is 67.4 Å². The van der Waals surface area contributed by atoms with E-state index >= 15 is 0 Å². The molecule has 0 bridgehead atoms. The standard InChI is InChI=1S/C16H22N2O3/c1-21-16(20)14-6-3-2-5-12(14)11-17-10-4-7-15(19)18-13-8-9-13/h2-3,5-6,13,17H,4,7-11H2,1H3,(H,18,19). The van der Waals surface area contributed by atoms with Gasteiger partial charge < -0.3 is 15.4 Å². The third-order valence-electron chi connectivity index (χ3n) is 3.44. The van der Waals surface area contributed by atoms with Crippen LogP contribution >= 0.6 is 0 Å². The van der Waals surface area contributed by atoms with Gasteiger partial charge >= 0.3 is 5.97 Å². The maximum atomic E-state index is 11.6. The first-order valence-corrected chi connectivity index (χ1v) is 7.37. The van der Waals surface area contributed by atoms with Crippen molar-refractivity contribution < 1.29 is 14.3 Å². The molecule has 0 spiro atoms. The molecular formula is C16H22N2O3. The molecule has 1 aromatic rings. The Kier molecular flexibility index (Phi) is 5.75. The molecule has 1 aliphatic rings. The normalized spacial score (nSPS) is 13.8. The molecule has 1 fully saturated rings. The van der Waals surface area contributed by atoms with E-state index in [0.717, 1.165) is 31.4 Å². The molecule has 1 aliphatic carbocycles. The Morgan fingerprint density at radius 3 is 2.76 bits per heavy atom. The summed E-state index contributed by atoms with van der Waals surface area (Å²) in [6.07, 6.45) is 3.57. The Bertz CT molecular complexity index is 498. The molecule has 2 rings (SSSR count). The number of amides is 1. The monoisotopic (exact) mass is 290 g/mol. The van der Waals surface area contributed by atoms with Gasteiger partial charge in [0.2, 0.25) is 5.91 Å². The van der Waals surface area contributed by atoms with Crippen molar-refractivity contribution in [3.8, 4) is 0 Å². The molecule has 0 heterocycles. The van der Waals surface area contributed by atoms with E-state index in [1.165, 1.54) is 7.11 Å². The van der Waals surface area contributed by atoms with Crippen molar-refractivity contribution in [3.05, 3.63) is 35.4 Å². The smallest absolute Gasteiger partial charge is 0.338 e. The number of esters is 1. The van der Waals surface area contributed by atoms with Crippen LogP contribution in [0.5, 0.6) is 0 Å². The summed E-state index contributed by atoms with van der Waals surface area (Å²) in [7, 11) is 1.38. The van der Waals surface area contributed by atoms with Crippen LogP contribution in [0.25, 0.3) is 0 Å². The van der Waals surface area contributed by atoms with Crippen molar-refractivity contribution in [2.75, 3.05) is 13.7 Å². The first kappa shape index (κ1) is 15.5. The first-order chi connectivity index (χ1) is 10.2. The quantitative estimate of drug-likeness (QED) is 0.564. The fourth-order valence-corrected chi connectivity index (χ4v) is 2.11. The second kappa shape index (κ2) is 7.78. The van der Waals surface area contributed by atoms with E-state index in [9.17, 15) is 9.59 Å². The number of benzene rings is 1. The number of methoxy groups -OCH3 is 1. The number of ether oxygens (including phenoxy) is 1. The van der Waals surface area contributed by atoms with Crippen molar-refractivity contribution in [2.45, 2.75) is 38.3 Å². The van der Waals surface area contributed by atoms with Crippen molar-refractivity contribution in [1.82, 2.24) is 10.6 Å². The molecule has 1 aromatic carbocycles. The summed E-state index contributed by atoms with van der Waals surface area (Å²) in [5, 5.41) is 6.22. The Labute approximate surface area is 125 Å². The molecule has 0 aliphatic heterocycles. The highest BCUT2D eigenvalue weighted by Crippen LogP contribution is 2.18. The van der Waals surface area contributed by atoms with Crippen molar-refractivity contribution >= 4 is 11.9 Å². The highest BCUT2D eigenvalue weighted by molar-refractivity contribution is 5.90. The van der Waals surface area contributed by atoms with E-state index in [1.54, 1.807) is 6.07 Å². The summed E-state index contributed by atoms with van der Waals surface area (Å²) in [6.45, 7) is 1.34. The summed E-state index contributed by atoms with van der Waals surface area (Å²) in [5.74, 6) is -0.189. The van der Waals surface area contributed by atoms with Gasteiger partial charge in [-0.1, -0.05) is 18.2 Å². The van der Waals surface area contributed by atoms with Crippen LogP contribution in [-0.2, 0) is 16.1 Å². The fourth-order valence-electron chi connectivity index (χ4n) is 2.11. The summed E-state index contributed by atoms with van der Waals surface area (Å²) in [4.78, 5) is 23.1. The second-order valence-electron chi connectivity index (χ2n) is 5.27. The van der Waals surface area contributed by atoms with E-state index in [4.69, 9.17) is 4.74 Å². The van der Waals surface area contributed by atoms with Crippen LogP contribution in [0, 0.1) is 0 Å². The molecule has 0 unspecified atom stereocenters. The summed E-state index contributed by atoms with van der Waals surface area (Å²) < 4.78 is 4.76. The lowest BCUT2D eigenvalue weighted by atomic mass is 10.1. The molecule has 0 atom stereocenters. The highest BCUT2D eigenvalue weighted by atomic mass is 16.5. The zero-order valence-electron chi connectivity index (χ0n) is 12.4. The van der Waals surface area contributed by atoms with Gasteiger partial charge in [-0.05, 0) is 37.4 Å². The summed E-state index contributed by atoms with van der Waals surface area (Å²) in [6, 6.07) is 7.80. The lowest BCUT2D eigenvalue weighted by Crippen LogP contribution is -2.26. The SMILES string of the molecule is COC(=O)c1ccccc1CNCCCC(=O)NC1CC1. The van der Waals surface area contributed by atoms with E-state index in [0.29, 0.717) is 24.6 Å². The summed E-state index contributed by atoms with van der Waals surface area (Å²) >= 11 is 0. The molecule has 1 saturated carbocycles. The van der Waals surface area contributed by atoms with Gasteiger partial charge in [-0.3, -0.25) is 4.79 Å². The molecule has 1 amide bonds. The van der Waals surface area contributed by atoms with Crippen LogP contribution in [0.2, 0.25) is 0 Å². The molecule has 0 aromatic heterocycles. The third kappa shape index (κ3) is 5.19. The highest BCUT2D eigenvalue weighted by Gasteiger charge is 2.22. The number of hydrogen-bond donors (Lipinski definition) is 2. The van der Waals surface area contributed by atoms with Crippen LogP contribution in [0.15, 0.2) is 24.3 Å². The maximum absolute atomic E-state index is 11.6. The van der Waals surface area contributed by atoms with Gasteiger partial charge in [0, 0.05) is 19.0 Å². The van der Waals surface area contributed by atoms with Gasteiger partial charge in [0.25, 0.3) is 0 Å². The second-order valence-corrected chi connectivity index (χ2v) is 5.27. The van der Waals surface area contributed by atoms with Gasteiger partial charge in [0.15, 0.2) is 0 Å². The minimum Gasteiger partial charge on any atom is -0.465 e. The molecule has 0 radical (unpaired) electrons. The molecule has 21 heavy (non-hydrogen) atoms. The average Bonchev–Trinajstić information content (AvgIpc) is 3.30. The molecule has 5 nitrogen and oxygen atoms in total. The van der Waals surface area contributed by atoms with Crippen LogP contribution in [0.1, 0.15) is 41.6 Å². The van der Waals surface area contributed by atoms with Crippen LogP contribution in [-0.4, -0.2) is 31.6 Å². The minimum absolute atomic E-state index is 0.134. The van der Waals surface area contributed by atoms with Gasteiger partial charge in [0.05, 0.1) is 12.7 Å². The number of rotatable bonds is 8. The molecule has 114 valence electrons. The number of hydrogen-bond acceptors (Lipinski definition) is 4. The molecular weight excluding hydrogens is 268 g/mol. The largest absolute Gasteiger partial charge is 0.465 e. The fraction of sp³-hybridized carbons (Fsp3) is 0.500. The van der Waals surface area contributed by atoms with E-state index in [-0.39, 0.29) is 11.9 Å². The lowest BCUT2D eigenvalue weighted by Gasteiger charge is -2.09. The van der Waals surface area contributed by atoms with Crippen molar-refractivity contribution in [2.24, 2.45) is 0 Å². The van der Waals surface area contributed by atoms with Gasteiger partial charge in [-0.25, -0.2) is 4.79 Å². The van der Waals surface area contributed by atoms with Gasteiger partial charge in [-0.2, -0.15) is 0 Å². The third-order valence-corrected chi connectivity index (χ3v) is 3.44. The predicted octanol–water partition coefficient (Wildman–Crippen LogP) is 1.62. The Morgan fingerprint density at radius 2 is 2.05 bits per heavy atom. The Balaban J connectivity index is 1.68. The minimum atomic E-state index is -0.323. The Hall–Kier alpha value is -1.88. The van der Waals surface area contributed by atoms with Gasteiger partial charge in [-0.15, -0.1) is 0 Å². The lowest BCUT2D eigenvalue weighted by molar-refractivity contribution is -0.121. The number of carbonyl (C=O) groups excluding carboxylic acids is 2. The molecule has 5 heteroatoms. The zero-order chi connectivity index (χ0) is 15.1. The maximum Gasteiger partial charge on any atom is 0.338 e. The number of carbonyl (C=O) groups is 2. The average molecular weight is 290 g/mol. The Morgan fingerprint density at radius 1 is 1.29 bits per heavy atom. The molecule has 0 saturated heterocycles. The zero-order valence-corrected chi connectivity index (χ0v) is 12.4.